The fourth-order valence-corrected chi connectivity index (χ4v) is 3.88. The second kappa shape index (κ2) is 7.75. The Kier molecular flexibility index (Phi) is 5.01. The number of benzene rings is 1. The van der Waals surface area contributed by atoms with Gasteiger partial charge in [0.25, 0.3) is 0 Å². The normalized spacial score (nSPS) is 16.9. The van der Waals surface area contributed by atoms with Crippen LogP contribution in [0.5, 0.6) is 0 Å². The third kappa shape index (κ3) is 3.33. The number of nitrogens with zero attached hydrogens (tertiary/aromatic N) is 5. The smallest absolute Gasteiger partial charge is 0.348 e. The van der Waals surface area contributed by atoms with Gasteiger partial charge in [-0.2, -0.15) is 0 Å². The van der Waals surface area contributed by atoms with E-state index in [4.69, 9.17) is 0 Å². The van der Waals surface area contributed by atoms with Crippen LogP contribution in [0.3, 0.4) is 0 Å². The van der Waals surface area contributed by atoms with E-state index in [2.05, 4.69) is 32.1 Å². The maximum Gasteiger partial charge on any atom is 0.353 e. The Balaban J connectivity index is 1.78. The van der Waals surface area contributed by atoms with Crippen LogP contribution in [-0.2, 0) is 0 Å². The van der Waals surface area contributed by atoms with Gasteiger partial charge >= 0.3 is 5.69 Å². The largest absolute Gasteiger partial charge is 0.353 e. The van der Waals surface area contributed by atoms with Gasteiger partial charge in [0, 0.05) is 29.9 Å². The van der Waals surface area contributed by atoms with E-state index in [1.54, 1.807) is 6.20 Å². The molecule has 3 heterocycles. The van der Waals surface area contributed by atoms with Crippen LogP contribution >= 0.6 is 0 Å². The number of nitro groups is 1. The molecule has 1 unspecified atom stereocenters. The first-order chi connectivity index (χ1) is 13.7. The van der Waals surface area contributed by atoms with Crippen LogP contribution in [-0.4, -0.2) is 32.5 Å². The number of piperidine rings is 1. The molecule has 28 heavy (non-hydrogen) atoms. The van der Waals surface area contributed by atoms with Crippen molar-refractivity contribution in [1.82, 2.24) is 15.0 Å². The maximum absolute atomic E-state index is 12.0. The lowest BCUT2D eigenvalue weighted by molar-refractivity contribution is -0.383. The average Bonchev–Trinajstić information content (AvgIpc) is 2.73. The van der Waals surface area contributed by atoms with Crippen LogP contribution in [0.2, 0.25) is 0 Å². The van der Waals surface area contributed by atoms with E-state index in [-0.39, 0.29) is 22.5 Å². The minimum atomic E-state index is -0.387. The molecular weight excluding hydrogens is 356 g/mol. The second-order valence-electron chi connectivity index (χ2n) is 6.90. The van der Waals surface area contributed by atoms with E-state index in [0.29, 0.717) is 5.82 Å². The molecule has 0 spiro atoms. The summed E-state index contributed by atoms with van der Waals surface area (Å²) in [4.78, 5) is 26.5. The van der Waals surface area contributed by atoms with Crippen molar-refractivity contribution in [3.63, 3.8) is 0 Å². The van der Waals surface area contributed by atoms with E-state index in [1.165, 1.54) is 6.33 Å². The molecule has 1 aliphatic rings. The molecule has 1 saturated heterocycles. The van der Waals surface area contributed by atoms with E-state index in [9.17, 15) is 10.1 Å². The summed E-state index contributed by atoms with van der Waals surface area (Å²) < 4.78 is 0. The number of hydrogen-bond acceptors (Lipinski definition) is 7. The van der Waals surface area contributed by atoms with Crippen molar-refractivity contribution < 1.29 is 4.92 Å². The van der Waals surface area contributed by atoms with E-state index < -0.39 is 0 Å². The third-order valence-corrected chi connectivity index (χ3v) is 5.25. The molecule has 0 bridgehead atoms. The summed E-state index contributed by atoms with van der Waals surface area (Å²) in [5.41, 5.74) is 1.46. The van der Waals surface area contributed by atoms with E-state index in [1.807, 2.05) is 30.3 Å². The molecule has 4 rings (SSSR count). The van der Waals surface area contributed by atoms with Crippen molar-refractivity contribution >= 4 is 33.9 Å². The highest BCUT2D eigenvalue weighted by atomic mass is 16.6. The SMILES string of the molecule is CCC1CCCCN1c1ncnc(Nc2cccc3ncccc23)c1[N+](=O)[O-]. The monoisotopic (exact) mass is 378 g/mol. The summed E-state index contributed by atoms with van der Waals surface area (Å²) in [6.07, 6.45) is 7.22. The Labute approximate surface area is 162 Å². The van der Waals surface area contributed by atoms with Crippen molar-refractivity contribution in [2.45, 2.75) is 38.6 Å². The van der Waals surface area contributed by atoms with Gasteiger partial charge in [0.05, 0.1) is 10.4 Å². The summed E-state index contributed by atoms with van der Waals surface area (Å²) in [5.74, 6) is 0.596. The van der Waals surface area contributed by atoms with Crippen LogP contribution in [0.25, 0.3) is 10.9 Å². The molecule has 1 aliphatic heterocycles. The molecule has 0 saturated carbocycles. The Morgan fingerprint density at radius 3 is 2.93 bits per heavy atom. The summed E-state index contributed by atoms with van der Waals surface area (Å²) >= 11 is 0. The topological polar surface area (TPSA) is 97.1 Å². The van der Waals surface area contributed by atoms with Crippen molar-refractivity contribution in [1.29, 1.82) is 0 Å². The standard InChI is InChI=1S/C20H22N6O2/c1-2-14-7-3-4-12-25(14)20-18(26(27)28)19(22-13-23-20)24-17-10-5-9-16-15(17)8-6-11-21-16/h5-6,8-11,13-14H,2-4,7,12H2,1H3,(H,22,23,24). The first-order valence-corrected chi connectivity index (χ1v) is 9.56. The quantitative estimate of drug-likeness (QED) is 0.517. The summed E-state index contributed by atoms with van der Waals surface area (Å²) in [5, 5.41) is 16.0. The van der Waals surface area contributed by atoms with Crippen LogP contribution in [0, 0.1) is 10.1 Å². The van der Waals surface area contributed by atoms with Crippen LogP contribution in [0.4, 0.5) is 23.0 Å². The molecule has 8 heteroatoms. The zero-order valence-corrected chi connectivity index (χ0v) is 15.7. The summed E-state index contributed by atoms with van der Waals surface area (Å²) in [7, 11) is 0. The lowest BCUT2D eigenvalue weighted by Gasteiger charge is -2.35. The average molecular weight is 378 g/mol. The molecule has 0 radical (unpaired) electrons. The van der Waals surface area contributed by atoms with Gasteiger partial charge in [0.15, 0.2) is 0 Å². The number of rotatable bonds is 5. The van der Waals surface area contributed by atoms with Gasteiger partial charge in [0.1, 0.15) is 6.33 Å². The molecule has 0 amide bonds. The zero-order chi connectivity index (χ0) is 19.5. The number of nitrogens with one attached hydrogen (secondary N) is 1. The van der Waals surface area contributed by atoms with Crippen LogP contribution in [0.1, 0.15) is 32.6 Å². The number of fused-ring (bicyclic) bond motifs is 1. The van der Waals surface area contributed by atoms with Gasteiger partial charge in [-0.1, -0.05) is 13.0 Å². The highest BCUT2D eigenvalue weighted by Crippen LogP contribution is 2.37. The Bertz CT molecular complexity index is 1000. The van der Waals surface area contributed by atoms with Gasteiger partial charge in [-0.3, -0.25) is 15.1 Å². The molecular formula is C20H22N6O2. The molecule has 8 nitrogen and oxygen atoms in total. The van der Waals surface area contributed by atoms with Crippen molar-refractivity contribution in [2.75, 3.05) is 16.8 Å². The fourth-order valence-electron chi connectivity index (χ4n) is 3.88. The first kappa shape index (κ1) is 18.1. The fraction of sp³-hybridized carbons (Fsp3) is 0.350. The minimum Gasteiger partial charge on any atom is -0.348 e. The van der Waals surface area contributed by atoms with Gasteiger partial charge in [-0.15, -0.1) is 0 Å². The number of hydrogen-bond donors (Lipinski definition) is 1. The number of anilines is 3. The molecule has 1 fully saturated rings. The predicted molar refractivity (Wildman–Crippen MR) is 109 cm³/mol. The van der Waals surface area contributed by atoms with E-state index in [0.717, 1.165) is 48.8 Å². The third-order valence-electron chi connectivity index (χ3n) is 5.25. The molecule has 0 aliphatic carbocycles. The first-order valence-electron chi connectivity index (χ1n) is 9.56. The Hall–Kier alpha value is -3.29. The second-order valence-corrected chi connectivity index (χ2v) is 6.90. The van der Waals surface area contributed by atoms with Crippen molar-refractivity contribution in [2.24, 2.45) is 0 Å². The molecule has 1 N–H and O–H groups in total. The lowest BCUT2D eigenvalue weighted by Crippen LogP contribution is -2.40. The molecule has 2 aromatic heterocycles. The Morgan fingerprint density at radius 1 is 1.21 bits per heavy atom. The lowest BCUT2D eigenvalue weighted by atomic mass is 10.00. The highest BCUT2D eigenvalue weighted by Gasteiger charge is 2.32. The molecule has 3 aromatic rings. The van der Waals surface area contributed by atoms with Gasteiger partial charge < -0.3 is 10.2 Å². The molecule has 144 valence electrons. The van der Waals surface area contributed by atoms with Crippen molar-refractivity contribution in [3.8, 4) is 0 Å². The number of aromatic nitrogens is 3. The Morgan fingerprint density at radius 2 is 2.11 bits per heavy atom. The highest BCUT2D eigenvalue weighted by molar-refractivity contribution is 5.93. The minimum absolute atomic E-state index is 0.0799. The van der Waals surface area contributed by atoms with Gasteiger partial charge in [-0.05, 0) is 49.9 Å². The summed E-state index contributed by atoms with van der Waals surface area (Å²) in [6.45, 7) is 2.88. The molecule has 1 atom stereocenters. The van der Waals surface area contributed by atoms with Gasteiger partial charge in [0.2, 0.25) is 11.6 Å². The van der Waals surface area contributed by atoms with Crippen LogP contribution in [0.15, 0.2) is 42.9 Å². The van der Waals surface area contributed by atoms with Crippen molar-refractivity contribution in [3.05, 3.63) is 53.0 Å². The van der Waals surface area contributed by atoms with E-state index >= 15 is 0 Å². The summed E-state index contributed by atoms with van der Waals surface area (Å²) in [6, 6.07) is 9.66. The van der Waals surface area contributed by atoms with Crippen LogP contribution < -0.4 is 10.2 Å². The number of pyridine rings is 1. The van der Waals surface area contributed by atoms with Gasteiger partial charge in [-0.25, -0.2) is 9.97 Å². The zero-order valence-electron chi connectivity index (χ0n) is 15.7. The predicted octanol–water partition coefficient (Wildman–Crippen LogP) is 4.45. The maximum atomic E-state index is 12.0. The molecule has 1 aromatic carbocycles.